The minimum atomic E-state index is -0.206. The summed E-state index contributed by atoms with van der Waals surface area (Å²) in [6.07, 6.45) is 3.11. The lowest BCUT2D eigenvalue weighted by Gasteiger charge is -2.37. The molecule has 4 rings (SSSR count). The molecule has 2 aliphatic rings. The van der Waals surface area contributed by atoms with E-state index in [1.807, 2.05) is 42.5 Å². The highest BCUT2D eigenvalue weighted by Gasteiger charge is 2.41. The Morgan fingerprint density at radius 3 is 2.28 bits per heavy atom. The number of urea groups is 1. The van der Waals surface area contributed by atoms with E-state index in [9.17, 15) is 14.4 Å². The predicted octanol–water partition coefficient (Wildman–Crippen LogP) is 3.62. The van der Waals surface area contributed by atoms with Gasteiger partial charge in [-0.1, -0.05) is 42.5 Å². The number of nitrogens with zero attached hydrogens (tertiary/aromatic N) is 2. The molecule has 2 fully saturated rings. The number of hydrogen-bond acceptors (Lipinski definition) is 4. The van der Waals surface area contributed by atoms with Crippen molar-refractivity contribution in [2.75, 3.05) is 20.7 Å². The summed E-state index contributed by atoms with van der Waals surface area (Å²) < 4.78 is 5.36. The molecule has 168 valence electrons. The van der Waals surface area contributed by atoms with E-state index in [0.717, 1.165) is 31.2 Å². The highest BCUT2D eigenvalue weighted by molar-refractivity contribution is 6.02. The van der Waals surface area contributed by atoms with E-state index in [1.54, 1.807) is 26.3 Å². The van der Waals surface area contributed by atoms with Crippen LogP contribution in [-0.4, -0.2) is 54.4 Å². The maximum absolute atomic E-state index is 13.2. The Balaban J connectivity index is 1.50. The van der Waals surface area contributed by atoms with E-state index in [0.29, 0.717) is 11.3 Å². The molecule has 7 heteroatoms. The van der Waals surface area contributed by atoms with Gasteiger partial charge in [0.15, 0.2) is 0 Å². The maximum Gasteiger partial charge on any atom is 0.327 e. The molecule has 2 aromatic rings. The van der Waals surface area contributed by atoms with Crippen LogP contribution in [0.25, 0.3) is 0 Å². The third-order valence-corrected chi connectivity index (χ3v) is 6.55. The third-order valence-electron chi connectivity index (χ3n) is 6.55. The summed E-state index contributed by atoms with van der Waals surface area (Å²) in [5.41, 5.74) is 1.55. The number of methoxy groups -OCH3 is 1. The molecule has 1 N–H and O–H groups in total. The van der Waals surface area contributed by atoms with Crippen LogP contribution in [0.3, 0.4) is 0 Å². The number of carbonyl (C=O) groups excluding carboxylic acids is 3. The van der Waals surface area contributed by atoms with Gasteiger partial charge in [0.1, 0.15) is 12.3 Å². The summed E-state index contributed by atoms with van der Waals surface area (Å²) in [7, 11) is 3.21. The molecule has 1 aliphatic heterocycles. The van der Waals surface area contributed by atoms with Crippen molar-refractivity contribution in [1.29, 1.82) is 0 Å². The van der Waals surface area contributed by atoms with Gasteiger partial charge >= 0.3 is 6.03 Å². The smallest absolute Gasteiger partial charge is 0.327 e. The summed E-state index contributed by atoms with van der Waals surface area (Å²) in [5.74, 6) is 0.448. The first-order chi connectivity index (χ1) is 15.5. The molecule has 1 unspecified atom stereocenters. The molecule has 1 atom stereocenters. The number of hydrogen-bond donors (Lipinski definition) is 1. The maximum atomic E-state index is 13.2. The molecule has 4 amide bonds. The number of rotatable bonds is 6. The van der Waals surface area contributed by atoms with Gasteiger partial charge in [0.2, 0.25) is 0 Å². The number of likely N-dealkylation sites (N-methyl/N-ethyl adjacent to an activating group) is 1. The number of imide groups is 1. The second-order valence-electron chi connectivity index (χ2n) is 8.53. The molecule has 2 aromatic carbocycles. The zero-order chi connectivity index (χ0) is 22.7. The molecule has 1 saturated carbocycles. The molecule has 1 aliphatic carbocycles. The van der Waals surface area contributed by atoms with Crippen LogP contribution in [-0.2, 0) is 4.79 Å². The summed E-state index contributed by atoms with van der Waals surface area (Å²) in [6, 6.07) is 16.7. The Labute approximate surface area is 188 Å². The molecule has 32 heavy (non-hydrogen) atoms. The number of amides is 4. The van der Waals surface area contributed by atoms with Crippen LogP contribution in [0.15, 0.2) is 54.6 Å². The van der Waals surface area contributed by atoms with Crippen molar-refractivity contribution in [3.8, 4) is 5.75 Å². The Hall–Kier alpha value is -3.35. The van der Waals surface area contributed by atoms with E-state index in [4.69, 9.17) is 4.74 Å². The largest absolute Gasteiger partial charge is 0.496 e. The summed E-state index contributed by atoms with van der Waals surface area (Å²) in [6.45, 7) is 0.153. The van der Waals surface area contributed by atoms with Crippen molar-refractivity contribution in [3.05, 3.63) is 65.7 Å². The summed E-state index contributed by atoms with van der Waals surface area (Å²) >= 11 is 0. The van der Waals surface area contributed by atoms with Gasteiger partial charge in [0.05, 0.1) is 18.7 Å². The van der Waals surface area contributed by atoms with Crippen LogP contribution in [0.5, 0.6) is 5.75 Å². The average molecular weight is 436 g/mol. The first kappa shape index (κ1) is 21.9. The number of para-hydroxylation sites is 1. The van der Waals surface area contributed by atoms with Gasteiger partial charge in [0, 0.05) is 13.1 Å². The van der Waals surface area contributed by atoms with Gasteiger partial charge in [-0.25, -0.2) is 4.79 Å². The topological polar surface area (TPSA) is 79.0 Å². The van der Waals surface area contributed by atoms with Crippen LogP contribution in [0, 0.1) is 5.92 Å². The molecule has 0 radical (unpaired) electrons. The van der Waals surface area contributed by atoms with Crippen LogP contribution < -0.4 is 10.1 Å². The number of ether oxygens (including phenoxy) is 1. The standard InChI is InChI=1S/C25H29N3O4/c1-27-16-22(29)28(25(27)31)19-14-12-18(13-15-19)23(17-8-4-3-5-9-17)26-24(30)20-10-6-7-11-21(20)32-2/h3-11,18-19,23H,12-16H2,1-2H3,(H,26,30). The monoisotopic (exact) mass is 435 g/mol. The van der Waals surface area contributed by atoms with Gasteiger partial charge in [-0.2, -0.15) is 0 Å². The van der Waals surface area contributed by atoms with Crippen LogP contribution in [0.1, 0.15) is 47.6 Å². The minimum Gasteiger partial charge on any atom is -0.496 e. The average Bonchev–Trinajstić information content (AvgIpc) is 3.09. The molecule has 0 aromatic heterocycles. The molecule has 0 bridgehead atoms. The molecule has 1 heterocycles. The lowest BCUT2D eigenvalue weighted by Crippen LogP contribution is -2.44. The minimum absolute atomic E-state index is 0.0717. The van der Waals surface area contributed by atoms with Gasteiger partial charge in [-0.3, -0.25) is 14.5 Å². The quantitative estimate of drug-likeness (QED) is 0.703. The van der Waals surface area contributed by atoms with Crippen molar-refractivity contribution in [3.63, 3.8) is 0 Å². The van der Waals surface area contributed by atoms with E-state index >= 15 is 0 Å². The second-order valence-corrected chi connectivity index (χ2v) is 8.53. The Bertz CT molecular complexity index is 986. The molecular weight excluding hydrogens is 406 g/mol. The first-order valence-electron chi connectivity index (χ1n) is 11.1. The Morgan fingerprint density at radius 2 is 1.66 bits per heavy atom. The molecule has 0 spiro atoms. The van der Waals surface area contributed by atoms with Crippen LogP contribution in [0.2, 0.25) is 0 Å². The fourth-order valence-corrected chi connectivity index (χ4v) is 4.88. The zero-order valence-corrected chi connectivity index (χ0v) is 18.5. The fourth-order valence-electron chi connectivity index (χ4n) is 4.88. The van der Waals surface area contributed by atoms with Gasteiger partial charge in [0.25, 0.3) is 11.8 Å². The third kappa shape index (κ3) is 4.33. The zero-order valence-electron chi connectivity index (χ0n) is 18.5. The van der Waals surface area contributed by atoms with Gasteiger partial charge in [-0.05, 0) is 49.3 Å². The Kier molecular flexibility index (Phi) is 6.44. The van der Waals surface area contributed by atoms with Crippen molar-refractivity contribution < 1.29 is 19.1 Å². The molecular formula is C25H29N3O4. The van der Waals surface area contributed by atoms with Gasteiger partial charge < -0.3 is 15.0 Å². The first-order valence-corrected chi connectivity index (χ1v) is 11.1. The van der Waals surface area contributed by atoms with E-state index < -0.39 is 0 Å². The fraction of sp³-hybridized carbons (Fsp3) is 0.400. The van der Waals surface area contributed by atoms with E-state index in [2.05, 4.69) is 5.32 Å². The van der Waals surface area contributed by atoms with Crippen molar-refractivity contribution >= 4 is 17.8 Å². The van der Waals surface area contributed by atoms with Crippen molar-refractivity contribution in [1.82, 2.24) is 15.1 Å². The summed E-state index contributed by atoms with van der Waals surface area (Å²) in [4.78, 5) is 40.7. The highest BCUT2D eigenvalue weighted by atomic mass is 16.5. The predicted molar refractivity (Wildman–Crippen MR) is 120 cm³/mol. The lowest BCUT2D eigenvalue weighted by atomic mass is 9.78. The van der Waals surface area contributed by atoms with Crippen molar-refractivity contribution in [2.45, 2.75) is 37.8 Å². The van der Waals surface area contributed by atoms with E-state index in [1.165, 1.54) is 9.80 Å². The Morgan fingerprint density at radius 1 is 1.00 bits per heavy atom. The number of carbonyl (C=O) groups is 3. The number of benzene rings is 2. The molecule has 7 nitrogen and oxygen atoms in total. The lowest BCUT2D eigenvalue weighted by molar-refractivity contribution is -0.127. The highest BCUT2D eigenvalue weighted by Crippen LogP contribution is 2.37. The van der Waals surface area contributed by atoms with Crippen LogP contribution in [0.4, 0.5) is 4.79 Å². The summed E-state index contributed by atoms with van der Waals surface area (Å²) in [5, 5.41) is 3.23. The normalized spacial score (nSPS) is 22.1. The SMILES string of the molecule is COc1ccccc1C(=O)NC(c1ccccc1)C1CCC(N2C(=O)CN(C)C2=O)CC1. The second kappa shape index (κ2) is 9.42. The number of nitrogens with one attached hydrogen (secondary N) is 1. The molecule has 1 saturated heterocycles. The van der Waals surface area contributed by atoms with Gasteiger partial charge in [-0.15, -0.1) is 0 Å². The van der Waals surface area contributed by atoms with Crippen molar-refractivity contribution in [2.24, 2.45) is 5.92 Å². The van der Waals surface area contributed by atoms with E-state index in [-0.39, 0.29) is 42.4 Å². The van der Waals surface area contributed by atoms with Crippen LogP contribution >= 0.6 is 0 Å².